The van der Waals surface area contributed by atoms with Crippen LogP contribution < -0.4 is 4.74 Å². The van der Waals surface area contributed by atoms with Crippen molar-refractivity contribution in [2.75, 3.05) is 0 Å². The molecule has 1 aromatic carbocycles. The minimum atomic E-state index is 0.201. The molecule has 20 heavy (non-hydrogen) atoms. The Labute approximate surface area is 125 Å². The summed E-state index contributed by atoms with van der Waals surface area (Å²) >= 11 is 6.14. The van der Waals surface area contributed by atoms with Crippen molar-refractivity contribution in [3.8, 4) is 11.6 Å². The maximum absolute atomic E-state index is 6.14. The van der Waals surface area contributed by atoms with Gasteiger partial charge in [-0.15, -0.1) is 0 Å². The second-order valence-corrected chi connectivity index (χ2v) is 5.73. The molecule has 0 radical (unpaired) electrons. The first kappa shape index (κ1) is 14.8. The molecule has 2 rings (SSSR count). The first-order valence-corrected chi connectivity index (χ1v) is 7.15. The van der Waals surface area contributed by atoms with E-state index in [9.17, 15) is 0 Å². The Balaban J connectivity index is 2.35. The van der Waals surface area contributed by atoms with Gasteiger partial charge in [-0.05, 0) is 29.5 Å². The van der Waals surface area contributed by atoms with Crippen molar-refractivity contribution >= 4 is 11.6 Å². The maximum Gasteiger partial charge on any atom is 0.227 e. The van der Waals surface area contributed by atoms with Crippen molar-refractivity contribution in [1.82, 2.24) is 9.97 Å². The SMILES string of the molecule is CC(C)c1cccc(Oc2ncnc(Cl)c2C(C)C)c1. The molecule has 106 valence electrons. The zero-order valence-corrected chi connectivity index (χ0v) is 13.0. The van der Waals surface area contributed by atoms with Crippen LogP contribution in [0, 0.1) is 0 Å². The molecule has 1 aromatic heterocycles. The van der Waals surface area contributed by atoms with E-state index >= 15 is 0 Å². The number of nitrogens with zero attached hydrogens (tertiary/aromatic N) is 2. The molecule has 0 bridgehead atoms. The van der Waals surface area contributed by atoms with E-state index in [-0.39, 0.29) is 5.92 Å². The molecule has 0 aliphatic heterocycles. The third-order valence-electron chi connectivity index (χ3n) is 3.12. The highest BCUT2D eigenvalue weighted by atomic mass is 35.5. The van der Waals surface area contributed by atoms with Crippen LogP contribution in [0.5, 0.6) is 11.6 Å². The van der Waals surface area contributed by atoms with Crippen LogP contribution in [0.1, 0.15) is 50.7 Å². The molecule has 0 aliphatic carbocycles. The molecule has 3 nitrogen and oxygen atoms in total. The molecular formula is C16H19ClN2O. The molecule has 0 N–H and O–H groups in total. The van der Waals surface area contributed by atoms with Gasteiger partial charge in [0.05, 0.1) is 5.56 Å². The molecule has 4 heteroatoms. The molecule has 0 amide bonds. The first-order chi connectivity index (χ1) is 9.49. The van der Waals surface area contributed by atoms with Gasteiger partial charge in [-0.25, -0.2) is 9.97 Å². The molecule has 1 heterocycles. The van der Waals surface area contributed by atoms with E-state index in [1.807, 2.05) is 32.0 Å². The van der Waals surface area contributed by atoms with Crippen molar-refractivity contribution in [3.05, 3.63) is 46.9 Å². The molecule has 2 aromatic rings. The zero-order valence-electron chi connectivity index (χ0n) is 12.2. The second kappa shape index (κ2) is 6.23. The highest BCUT2D eigenvalue weighted by Crippen LogP contribution is 2.33. The maximum atomic E-state index is 6.14. The van der Waals surface area contributed by atoms with Crippen LogP contribution >= 0.6 is 11.6 Å². The number of rotatable bonds is 4. The van der Waals surface area contributed by atoms with Crippen molar-refractivity contribution in [2.45, 2.75) is 39.5 Å². The number of aromatic nitrogens is 2. The lowest BCUT2D eigenvalue weighted by Crippen LogP contribution is -2.00. The molecule has 0 spiro atoms. The minimum Gasteiger partial charge on any atom is -0.439 e. The molecular weight excluding hydrogens is 272 g/mol. The average Bonchev–Trinajstić information content (AvgIpc) is 2.38. The van der Waals surface area contributed by atoms with Crippen molar-refractivity contribution < 1.29 is 4.74 Å². The predicted molar refractivity (Wildman–Crippen MR) is 81.7 cm³/mol. The van der Waals surface area contributed by atoms with Gasteiger partial charge in [-0.2, -0.15) is 0 Å². The van der Waals surface area contributed by atoms with Gasteiger partial charge >= 0.3 is 0 Å². The van der Waals surface area contributed by atoms with E-state index < -0.39 is 0 Å². The molecule has 0 saturated carbocycles. The summed E-state index contributed by atoms with van der Waals surface area (Å²) in [5.41, 5.74) is 2.07. The fourth-order valence-corrected chi connectivity index (χ4v) is 2.32. The summed E-state index contributed by atoms with van der Waals surface area (Å²) in [5.74, 6) is 1.96. The van der Waals surface area contributed by atoms with E-state index in [0.29, 0.717) is 17.0 Å². The highest BCUT2D eigenvalue weighted by molar-refractivity contribution is 6.30. The molecule has 0 unspecified atom stereocenters. The third kappa shape index (κ3) is 3.28. The van der Waals surface area contributed by atoms with Crippen molar-refractivity contribution in [2.24, 2.45) is 0 Å². The Hall–Kier alpha value is -1.61. The lowest BCUT2D eigenvalue weighted by molar-refractivity contribution is 0.450. The van der Waals surface area contributed by atoms with Gasteiger partial charge in [0.25, 0.3) is 0 Å². The van der Waals surface area contributed by atoms with E-state index in [0.717, 1.165) is 11.3 Å². The molecule has 0 saturated heterocycles. The topological polar surface area (TPSA) is 35.0 Å². The van der Waals surface area contributed by atoms with Crippen LogP contribution in [0.3, 0.4) is 0 Å². The Morgan fingerprint density at radius 1 is 1.05 bits per heavy atom. The lowest BCUT2D eigenvalue weighted by atomic mass is 10.0. The quantitative estimate of drug-likeness (QED) is 0.729. The van der Waals surface area contributed by atoms with Gasteiger partial charge in [0.1, 0.15) is 17.2 Å². The van der Waals surface area contributed by atoms with Crippen molar-refractivity contribution in [1.29, 1.82) is 0 Å². The zero-order chi connectivity index (χ0) is 14.7. The van der Waals surface area contributed by atoms with Crippen LogP contribution in [-0.2, 0) is 0 Å². The van der Waals surface area contributed by atoms with Gasteiger partial charge < -0.3 is 4.74 Å². The Bertz CT molecular complexity index is 597. The summed E-state index contributed by atoms with van der Waals surface area (Å²) in [6.45, 7) is 8.39. The fraction of sp³-hybridized carbons (Fsp3) is 0.375. The largest absolute Gasteiger partial charge is 0.439 e. The van der Waals surface area contributed by atoms with Crippen LogP contribution in [-0.4, -0.2) is 9.97 Å². The fourth-order valence-electron chi connectivity index (χ4n) is 1.97. The van der Waals surface area contributed by atoms with Gasteiger partial charge in [-0.3, -0.25) is 0 Å². The number of benzene rings is 1. The smallest absolute Gasteiger partial charge is 0.227 e. The summed E-state index contributed by atoms with van der Waals surface area (Å²) in [7, 11) is 0. The molecule has 0 atom stereocenters. The van der Waals surface area contributed by atoms with Crippen LogP contribution in [0.2, 0.25) is 5.15 Å². The van der Waals surface area contributed by atoms with Gasteiger partial charge in [0, 0.05) is 0 Å². The van der Waals surface area contributed by atoms with E-state index in [1.54, 1.807) is 0 Å². The molecule has 0 fully saturated rings. The van der Waals surface area contributed by atoms with Crippen molar-refractivity contribution in [3.63, 3.8) is 0 Å². The van der Waals surface area contributed by atoms with Gasteiger partial charge in [-0.1, -0.05) is 51.4 Å². The highest BCUT2D eigenvalue weighted by Gasteiger charge is 2.15. The number of hydrogen-bond acceptors (Lipinski definition) is 3. The van der Waals surface area contributed by atoms with E-state index in [2.05, 4.69) is 29.9 Å². The van der Waals surface area contributed by atoms with Crippen LogP contribution in [0.15, 0.2) is 30.6 Å². The minimum absolute atomic E-state index is 0.201. The average molecular weight is 291 g/mol. The monoisotopic (exact) mass is 290 g/mol. The summed E-state index contributed by atoms with van der Waals surface area (Å²) < 4.78 is 5.91. The van der Waals surface area contributed by atoms with Gasteiger partial charge in [0.15, 0.2) is 0 Å². The summed E-state index contributed by atoms with van der Waals surface area (Å²) in [6, 6.07) is 8.03. The standard InChI is InChI=1S/C16H19ClN2O/c1-10(2)12-6-5-7-13(8-12)20-16-14(11(3)4)15(17)18-9-19-16/h5-11H,1-4H3. The summed E-state index contributed by atoms with van der Waals surface area (Å²) in [6.07, 6.45) is 1.43. The number of hydrogen-bond donors (Lipinski definition) is 0. The Morgan fingerprint density at radius 2 is 1.80 bits per heavy atom. The lowest BCUT2D eigenvalue weighted by Gasteiger charge is -2.14. The van der Waals surface area contributed by atoms with E-state index in [1.165, 1.54) is 11.9 Å². The van der Waals surface area contributed by atoms with Gasteiger partial charge in [0.2, 0.25) is 5.88 Å². The summed E-state index contributed by atoms with van der Waals surface area (Å²) in [5, 5.41) is 0.449. The normalized spacial score (nSPS) is 11.2. The first-order valence-electron chi connectivity index (χ1n) is 6.77. The summed E-state index contributed by atoms with van der Waals surface area (Å²) in [4.78, 5) is 8.24. The third-order valence-corrected chi connectivity index (χ3v) is 3.42. The van der Waals surface area contributed by atoms with E-state index in [4.69, 9.17) is 16.3 Å². The molecule has 0 aliphatic rings. The van der Waals surface area contributed by atoms with Crippen LogP contribution in [0.4, 0.5) is 0 Å². The number of ether oxygens (including phenoxy) is 1. The van der Waals surface area contributed by atoms with Crippen LogP contribution in [0.25, 0.3) is 0 Å². The second-order valence-electron chi connectivity index (χ2n) is 5.37. The predicted octanol–water partition coefficient (Wildman–Crippen LogP) is 5.17. The Kier molecular flexibility index (Phi) is 4.61. The Morgan fingerprint density at radius 3 is 2.45 bits per heavy atom. The number of halogens is 1.